The van der Waals surface area contributed by atoms with Gasteiger partial charge in [-0.2, -0.15) is 5.10 Å². The third-order valence-electron chi connectivity index (χ3n) is 1.42. The number of hydrogen-bond acceptors (Lipinski definition) is 3. The van der Waals surface area contributed by atoms with Crippen LogP contribution in [0.3, 0.4) is 0 Å². The maximum atomic E-state index is 11.2. The van der Waals surface area contributed by atoms with Gasteiger partial charge in [0.1, 0.15) is 0 Å². The van der Waals surface area contributed by atoms with Gasteiger partial charge in [0.15, 0.2) is 5.76 Å². The van der Waals surface area contributed by atoms with Crippen LogP contribution >= 0.6 is 0 Å². The molecule has 1 aromatic rings. The van der Waals surface area contributed by atoms with Crippen LogP contribution in [0.25, 0.3) is 0 Å². The molecular formula is C9H12N2O2. The van der Waals surface area contributed by atoms with Crippen molar-refractivity contribution in [3.63, 3.8) is 0 Å². The van der Waals surface area contributed by atoms with Crippen LogP contribution < -0.4 is 5.43 Å². The molecule has 70 valence electrons. The Morgan fingerprint density at radius 2 is 2.62 bits per heavy atom. The highest BCUT2D eigenvalue weighted by molar-refractivity contribution is 5.91. The lowest BCUT2D eigenvalue weighted by atomic mass is 10.4. The summed E-state index contributed by atoms with van der Waals surface area (Å²) in [5, 5.41) is 3.73. The van der Waals surface area contributed by atoms with Crippen molar-refractivity contribution in [1.82, 2.24) is 5.43 Å². The molecule has 0 aliphatic heterocycles. The third kappa shape index (κ3) is 3.11. The molecule has 0 unspecified atom stereocenters. The molecule has 1 rings (SSSR count). The van der Waals surface area contributed by atoms with Gasteiger partial charge in [-0.05, 0) is 18.6 Å². The van der Waals surface area contributed by atoms with E-state index in [-0.39, 0.29) is 11.7 Å². The van der Waals surface area contributed by atoms with E-state index in [0.29, 0.717) is 0 Å². The van der Waals surface area contributed by atoms with Crippen LogP contribution in [-0.2, 0) is 0 Å². The van der Waals surface area contributed by atoms with Crippen LogP contribution in [0.4, 0.5) is 0 Å². The smallest absolute Gasteiger partial charge is 0.307 e. The zero-order valence-electron chi connectivity index (χ0n) is 7.49. The van der Waals surface area contributed by atoms with Crippen LogP contribution in [0.2, 0.25) is 0 Å². The molecule has 0 aliphatic carbocycles. The second kappa shape index (κ2) is 5.13. The van der Waals surface area contributed by atoms with Gasteiger partial charge >= 0.3 is 5.91 Å². The summed E-state index contributed by atoms with van der Waals surface area (Å²) in [6.07, 6.45) is 4.99. The fourth-order valence-electron chi connectivity index (χ4n) is 0.761. The summed E-state index contributed by atoms with van der Waals surface area (Å²) in [6.45, 7) is 2.04. The summed E-state index contributed by atoms with van der Waals surface area (Å²) >= 11 is 0. The van der Waals surface area contributed by atoms with E-state index < -0.39 is 0 Å². The average molecular weight is 180 g/mol. The fraction of sp³-hybridized carbons (Fsp3) is 0.333. The average Bonchev–Trinajstić information content (AvgIpc) is 2.65. The molecule has 4 heteroatoms. The number of carbonyl (C=O) groups is 1. The van der Waals surface area contributed by atoms with Crippen molar-refractivity contribution in [2.45, 2.75) is 19.8 Å². The minimum atomic E-state index is -0.322. The van der Waals surface area contributed by atoms with Crippen molar-refractivity contribution < 1.29 is 9.21 Å². The molecule has 0 spiro atoms. The van der Waals surface area contributed by atoms with Gasteiger partial charge in [-0.3, -0.25) is 4.79 Å². The van der Waals surface area contributed by atoms with E-state index >= 15 is 0 Å². The Morgan fingerprint density at radius 3 is 3.23 bits per heavy atom. The molecule has 1 N–H and O–H groups in total. The minimum Gasteiger partial charge on any atom is -0.459 e. The van der Waals surface area contributed by atoms with Gasteiger partial charge < -0.3 is 4.42 Å². The first-order chi connectivity index (χ1) is 6.34. The van der Waals surface area contributed by atoms with Crippen LogP contribution in [0.1, 0.15) is 30.3 Å². The monoisotopic (exact) mass is 180 g/mol. The number of nitrogens with zero attached hydrogens (tertiary/aromatic N) is 1. The molecule has 0 aromatic carbocycles. The van der Waals surface area contributed by atoms with E-state index in [2.05, 4.69) is 10.5 Å². The number of rotatable bonds is 4. The molecule has 1 aromatic heterocycles. The first-order valence-electron chi connectivity index (χ1n) is 4.20. The summed E-state index contributed by atoms with van der Waals surface area (Å²) in [6, 6.07) is 3.25. The van der Waals surface area contributed by atoms with Gasteiger partial charge in [-0.15, -0.1) is 0 Å². The largest absolute Gasteiger partial charge is 0.459 e. The van der Waals surface area contributed by atoms with Crippen molar-refractivity contribution in [3.8, 4) is 0 Å². The molecular weight excluding hydrogens is 168 g/mol. The highest BCUT2D eigenvalue weighted by Gasteiger charge is 2.05. The van der Waals surface area contributed by atoms with Crippen LogP contribution in [0, 0.1) is 0 Å². The van der Waals surface area contributed by atoms with E-state index in [1.165, 1.54) is 6.26 Å². The molecule has 1 amide bonds. The molecule has 0 atom stereocenters. The van der Waals surface area contributed by atoms with Gasteiger partial charge in [0.05, 0.1) is 6.26 Å². The number of hydrogen-bond donors (Lipinski definition) is 1. The van der Waals surface area contributed by atoms with Gasteiger partial charge in [-0.25, -0.2) is 5.43 Å². The zero-order chi connectivity index (χ0) is 9.52. The fourth-order valence-corrected chi connectivity index (χ4v) is 0.761. The number of furan rings is 1. The Morgan fingerprint density at radius 1 is 1.77 bits per heavy atom. The molecule has 0 radical (unpaired) electrons. The van der Waals surface area contributed by atoms with Crippen molar-refractivity contribution in [2.24, 2.45) is 5.10 Å². The topological polar surface area (TPSA) is 54.6 Å². The maximum absolute atomic E-state index is 11.2. The summed E-state index contributed by atoms with van der Waals surface area (Å²) in [5.74, 6) is -0.0500. The maximum Gasteiger partial charge on any atom is 0.307 e. The standard InChI is InChI=1S/C9H12N2O2/c1-2-3-6-10-11-9(12)8-5-4-7-13-8/h4-7H,2-3H2,1H3,(H,11,12)/b10-6+. The normalized spacial score (nSPS) is 10.5. The molecule has 0 fully saturated rings. The molecule has 0 bridgehead atoms. The van der Waals surface area contributed by atoms with Crippen LogP contribution in [-0.4, -0.2) is 12.1 Å². The SMILES string of the molecule is CCC/C=N/NC(=O)c1ccco1. The van der Waals surface area contributed by atoms with Gasteiger partial charge in [0, 0.05) is 6.21 Å². The first kappa shape index (κ1) is 9.51. The second-order valence-electron chi connectivity index (χ2n) is 2.52. The number of nitrogens with one attached hydrogen (secondary N) is 1. The Kier molecular flexibility index (Phi) is 3.75. The predicted molar refractivity (Wildman–Crippen MR) is 49.6 cm³/mol. The van der Waals surface area contributed by atoms with Crippen molar-refractivity contribution in [2.75, 3.05) is 0 Å². The summed E-state index contributed by atoms with van der Waals surface area (Å²) in [7, 11) is 0. The quantitative estimate of drug-likeness (QED) is 0.567. The van der Waals surface area contributed by atoms with E-state index in [0.717, 1.165) is 12.8 Å². The van der Waals surface area contributed by atoms with E-state index in [9.17, 15) is 4.79 Å². The third-order valence-corrected chi connectivity index (χ3v) is 1.42. The molecule has 13 heavy (non-hydrogen) atoms. The zero-order valence-corrected chi connectivity index (χ0v) is 7.49. The van der Waals surface area contributed by atoms with Crippen molar-refractivity contribution in [1.29, 1.82) is 0 Å². The van der Waals surface area contributed by atoms with Crippen molar-refractivity contribution >= 4 is 12.1 Å². The molecule has 0 saturated carbocycles. The van der Waals surface area contributed by atoms with Gasteiger partial charge in [-0.1, -0.05) is 13.3 Å². The Hall–Kier alpha value is -1.58. The van der Waals surface area contributed by atoms with E-state index in [1.807, 2.05) is 6.92 Å². The highest BCUT2D eigenvalue weighted by Crippen LogP contribution is 1.98. The van der Waals surface area contributed by atoms with E-state index in [4.69, 9.17) is 4.42 Å². The molecule has 0 aliphatic rings. The lowest BCUT2D eigenvalue weighted by Gasteiger charge is -1.93. The Balaban J connectivity index is 2.34. The summed E-state index contributed by atoms with van der Waals surface area (Å²) < 4.78 is 4.87. The summed E-state index contributed by atoms with van der Waals surface area (Å²) in [5.41, 5.74) is 2.36. The molecule has 1 heterocycles. The lowest BCUT2D eigenvalue weighted by Crippen LogP contribution is -2.16. The van der Waals surface area contributed by atoms with Crippen LogP contribution in [0.5, 0.6) is 0 Å². The minimum absolute atomic E-state index is 0.272. The lowest BCUT2D eigenvalue weighted by molar-refractivity contribution is 0.0927. The van der Waals surface area contributed by atoms with Crippen LogP contribution in [0.15, 0.2) is 27.9 Å². The number of hydrazone groups is 1. The highest BCUT2D eigenvalue weighted by atomic mass is 16.3. The molecule has 4 nitrogen and oxygen atoms in total. The molecule has 0 saturated heterocycles. The van der Waals surface area contributed by atoms with Gasteiger partial charge in [0.25, 0.3) is 0 Å². The van der Waals surface area contributed by atoms with Crippen molar-refractivity contribution in [3.05, 3.63) is 24.2 Å². The number of unbranched alkanes of at least 4 members (excludes halogenated alkanes) is 1. The first-order valence-corrected chi connectivity index (χ1v) is 4.20. The second-order valence-corrected chi connectivity index (χ2v) is 2.52. The number of amides is 1. The number of carbonyl (C=O) groups excluding carboxylic acids is 1. The predicted octanol–water partition coefficient (Wildman–Crippen LogP) is 1.80. The Labute approximate surface area is 76.6 Å². The van der Waals surface area contributed by atoms with E-state index in [1.54, 1.807) is 18.3 Å². The Bertz CT molecular complexity index is 278. The summed E-state index contributed by atoms with van der Waals surface area (Å²) in [4.78, 5) is 11.2. The van der Waals surface area contributed by atoms with Gasteiger partial charge in [0.2, 0.25) is 0 Å².